The highest BCUT2D eigenvalue weighted by atomic mass is 79.9. The topological polar surface area (TPSA) is 35.2 Å². The van der Waals surface area contributed by atoms with Gasteiger partial charge in [-0.2, -0.15) is 0 Å². The highest BCUT2D eigenvalue weighted by Gasteiger charge is 2.27. The minimum atomic E-state index is -0.630. The number of hydrogen-bond acceptors (Lipinski definition) is 2. The van der Waals surface area contributed by atoms with Gasteiger partial charge in [-0.25, -0.2) is 0 Å². The summed E-state index contributed by atoms with van der Waals surface area (Å²) < 4.78 is 6.49. The Balaban J connectivity index is 2.07. The molecule has 0 bridgehead atoms. The highest BCUT2D eigenvalue weighted by Crippen LogP contribution is 2.36. The lowest BCUT2D eigenvalue weighted by Gasteiger charge is -2.27. The van der Waals surface area contributed by atoms with Crippen molar-refractivity contribution in [1.29, 1.82) is 0 Å². The van der Waals surface area contributed by atoms with E-state index in [0.717, 1.165) is 34.4 Å². The first kappa shape index (κ1) is 13.9. The maximum Gasteiger partial charge on any atom is 0.122 e. The molecule has 1 atom stereocenters. The number of hydrogen-bond donors (Lipinski definition) is 1. The van der Waals surface area contributed by atoms with Gasteiger partial charge in [0.2, 0.25) is 0 Å². The third kappa shape index (κ3) is 2.34. The zero-order valence-corrected chi connectivity index (χ0v) is 13.5. The van der Waals surface area contributed by atoms with Gasteiger partial charge in [0.05, 0.1) is 12.1 Å². The van der Waals surface area contributed by atoms with Crippen LogP contribution < -0.4 is 10.5 Å². The molecule has 0 spiro atoms. The van der Waals surface area contributed by atoms with E-state index in [1.54, 1.807) is 0 Å². The van der Waals surface area contributed by atoms with Gasteiger partial charge < -0.3 is 10.5 Å². The van der Waals surface area contributed by atoms with Crippen molar-refractivity contribution in [3.8, 4) is 5.75 Å². The Bertz CT molecular complexity index is 670. The monoisotopic (exact) mass is 351 g/mol. The smallest absolute Gasteiger partial charge is 0.122 e. The summed E-state index contributed by atoms with van der Waals surface area (Å²) in [5, 5.41) is 0.668. The third-order valence-corrected chi connectivity index (χ3v) is 4.59. The van der Waals surface area contributed by atoms with Gasteiger partial charge >= 0.3 is 0 Å². The molecule has 2 aromatic rings. The molecule has 0 fully saturated rings. The summed E-state index contributed by atoms with van der Waals surface area (Å²) in [6.45, 7) is 2.73. The number of halogens is 2. The van der Waals surface area contributed by atoms with E-state index in [2.05, 4.69) is 22.0 Å². The normalized spacial score (nSPS) is 16.4. The molecule has 2 aromatic carbocycles. The van der Waals surface area contributed by atoms with Crippen LogP contribution in [0.2, 0.25) is 5.02 Å². The summed E-state index contributed by atoms with van der Waals surface area (Å²) in [5.41, 5.74) is 9.11. The summed E-state index contributed by atoms with van der Waals surface area (Å²) in [6.07, 6.45) is 0.938. The van der Waals surface area contributed by atoms with Crippen molar-refractivity contribution < 1.29 is 4.74 Å². The van der Waals surface area contributed by atoms with Crippen molar-refractivity contribution in [2.45, 2.75) is 18.9 Å². The SMILES string of the molecule is CC(N)(c1ccc2c(c1)CCO2)c1ccc(Br)cc1Cl. The molecule has 0 aromatic heterocycles. The van der Waals surface area contributed by atoms with Crippen LogP contribution >= 0.6 is 27.5 Å². The molecule has 0 saturated carbocycles. The van der Waals surface area contributed by atoms with Gasteiger partial charge in [0.25, 0.3) is 0 Å². The van der Waals surface area contributed by atoms with E-state index < -0.39 is 5.54 Å². The minimum absolute atomic E-state index is 0.630. The fourth-order valence-corrected chi connectivity index (χ4v) is 3.45. The van der Waals surface area contributed by atoms with Crippen LogP contribution in [0.15, 0.2) is 40.9 Å². The molecule has 2 N–H and O–H groups in total. The van der Waals surface area contributed by atoms with Crippen molar-refractivity contribution in [3.63, 3.8) is 0 Å². The van der Waals surface area contributed by atoms with Gasteiger partial charge in [-0.1, -0.05) is 39.7 Å². The summed E-state index contributed by atoms with van der Waals surface area (Å²) >= 11 is 9.76. The molecule has 1 heterocycles. The molecule has 2 nitrogen and oxygen atoms in total. The lowest BCUT2D eigenvalue weighted by atomic mass is 9.84. The summed E-state index contributed by atoms with van der Waals surface area (Å²) in [5.74, 6) is 0.964. The number of nitrogens with two attached hydrogens (primary N) is 1. The molecule has 0 aliphatic carbocycles. The molecule has 1 aliphatic rings. The van der Waals surface area contributed by atoms with Crippen LogP contribution in [0.4, 0.5) is 0 Å². The summed E-state index contributed by atoms with van der Waals surface area (Å²) in [4.78, 5) is 0. The zero-order valence-electron chi connectivity index (χ0n) is 11.1. The van der Waals surface area contributed by atoms with Gasteiger partial charge in [-0.05, 0) is 47.9 Å². The van der Waals surface area contributed by atoms with E-state index in [9.17, 15) is 0 Å². The lowest BCUT2D eigenvalue weighted by molar-refractivity contribution is 0.356. The Morgan fingerprint density at radius 3 is 2.80 bits per heavy atom. The van der Waals surface area contributed by atoms with Gasteiger partial charge in [-0.15, -0.1) is 0 Å². The van der Waals surface area contributed by atoms with Crippen LogP contribution in [0.25, 0.3) is 0 Å². The molecule has 1 unspecified atom stereocenters. The number of benzene rings is 2. The highest BCUT2D eigenvalue weighted by molar-refractivity contribution is 9.10. The van der Waals surface area contributed by atoms with Crippen LogP contribution in [0.3, 0.4) is 0 Å². The first-order valence-electron chi connectivity index (χ1n) is 6.49. The molecule has 0 radical (unpaired) electrons. The lowest BCUT2D eigenvalue weighted by Crippen LogP contribution is -2.34. The van der Waals surface area contributed by atoms with Crippen LogP contribution in [-0.2, 0) is 12.0 Å². The van der Waals surface area contributed by atoms with E-state index in [1.807, 2.05) is 37.3 Å². The fraction of sp³-hybridized carbons (Fsp3) is 0.250. The van der Waals surface area contributed by atoms with Gasteiger partial charge in [-0.3, -0.25) is 0 Å². The standard InChI is InChI=1S/C16H15BrClNO/c1-16(19,13-4-3-12(17)9-14(13)18)11-2-5-15-10(8-11)6-7-20-15/h2-5,8-9H,6-7,19H2,1H3. The molecule has 0 amide bonds. The van der Waals surface area contributed by atoms with E-state index in [0.29, 0.717) is 5.02 Å². The fourth-order valence-electron chi connectivity index (χ4n) is 2.58. The Labute approximate surface area is 132 Å². The second-order valence-corrected chi connectivity index (χ2v) is 6.57. The van der Waals surface area contributed by atoms with Gasteiger partial charge in [0.1, 0.15) is 5.75 Å². The largest absolute Gasteiger partial charge is 0.493 e. The van der Waals surface area contributed by atoms with Crippen molar-refractivity contribution in [3.05, 3.63) is 62.6 Å². The molecular weight excluding hydrogens is 338 g/mol. The summed E-state index contributed by atoms with van der Waals surface area (Å²) in [6, 6.07) is 11.9. The van der Waals surface area contributed by atoms with Crippen LogP contribution in [0.1, 0.15) is 23.6 Å². The quantitative estimate of drug-likeness (QED) is 0.876. The molecule has 3 rings (SSSR count). The number of rotatable bonds is 2. The van der Waals surface area contributed by atoms with Crippen molar-refractivity contribution in [1.82, 2.24) is 0 Å². The van der Waals surface area contributed by atoms with E-state index in [-0.39, 0.29) is 0 Å². The van der Waals surface area contributed by atoms with Crippen molar-refractivity contribution >= 4 is 27.5 Å². The first-order chi connectivity index (χ1) is 9.48. The van der Waals surface area contributed by atoms with Crippen molar-refractivity contribution in [2.24, 2.45) is 5.73 Å². The maximum atomic E-state index is 6.56. The Morgan fingerprint density at radius 2 is 2.05 bits per heavy atom. The predicted octanol–water partition coefficient (Wildman–Crippen LogP) is 4.26. The van der Waals surface area contributed by atoms with E-state index >= 15 is 0 Å². The molecule has 0 saturated heterocycles. The van der Waals surface area contributed by atoms with Gasteiger partial charge in [0.15, 0.2) is 0 Å². The minimum Gasteiger partial charge on any atom is -0.493 e. The predicted molar refractivity (Wildman–Crippen MR) is 85.4 cm³/mol. The van der Waals surface area contributed by atoms with Crippen LogP contribution in [0.5, 0.6) is 5.75 Å². The Kier molecular flexibility index (Phi) is 3.53. The molecule has 1 aliphatic heterocycles. The molecule has 20 heavy (non-hydrogen) atoms. The second kappa shape index (κ2) is 5.06. The Hall–Kier alpha value is -1.03. The zero-order chi connectivity index (χ0) is 14.3. The van der Waals surface area contributed by atoms with E-state index in [4.69, 9.17) is 22.1 Å². The second-order valence-electron chi connectivity index (χ2n) is 5.25. The molecule has 4 heteroatoms. The van der Waals surface area contributed by atoms with Crippen LogP contribution in [0, 0.1) is 0 Å². The average molecular weight is 353 g/mol. The van der Waals surface area contributed by atoms with Gasteiger partial charge in [0, 0.05) is 15.9 Å². The number of fused-ring (bicyclic) bond motifs is 1. The molecule has 104 valence electrons. The maximum absolute atomic E-state index is 6.56. The average Bonchev–Trinajstić information content (AvgIpc) is 2.85. The number of ether oxygens (including phenoxy) is 1. The third-order valence-electron chi connectivity index (χ3n) is 3.78. The first-order valence-corrected chi connectivity index (χ1v) is 7.66. The Morgan fingerprint density at radius 1 is 1.25 bits per heavy atom. The molecular formula is C16H15BrClNO. The van der Waals surface area contributed by atoms with Crippen molar-refractivity contribution in [2.75, 3.05) is 6.61 Å². The van der Waals surface area contributed by atoms with Crippen LogP contribution in [-0.4, -0.2) is 6.61 Å². The summed E-state index contributed by atoms with van der Waals surface area (Å²) in [7, 11) is 0. The van der Waals surface area contributed by atoms with E-state index in [1.165, 1.54) is 5.56 Å².